The summed E-state index contributed by atoms with van der Waals surface area (Å²) >= 11 is 0. The lowest BCUT2D eigenvalue weighted by Crippen LogP contribution is -2.05. The summed E-state index contributed by atoms with van der Waals surface area (Å²) in [6.07, 6.45) is 0.333. The smallest absolute Gasteiger partial charge is 0.294 e. The normalized spacial score (nSPS) is 10.9. The summed E-state index contributed by atoms with van der Waals surface area (Å²) in [4.78, 5) is 13.9. The van der Waals surface area contributed by atoms with Crippen molar-refractivity contribution in [2.45, 2.75) is 6.42 Å². The maximum Gasteiger partial charge on any atom is 0.294 e. The second-order valence-corrected chi connectivity index (χ2v) is 4.97. The minimum absolute atomic E-state index is 0.126. The highest BCUT2D eigenvalue weighted by molar-refractivity contribution is 5.95. The van der Waals surface area contributed by atoms with Gasteiger partial charge in [-0.1, -0.05) is 30.3 Å². The number of hydrogen-bond donors (Lipinski definition) is 5. The lowest BCUT2D eigenvalue weighted by molar-refractivity contribution is 0.390. The zero-order chi connectivity index (χ0) is 15.9. The van der Waals surface area contributed by atoms with E-state index in [-0.39, 0.29) is 10.9 Å². The third-order valence-corrected chi connectivity index (χ3v) is 3.51. The Labute approximate surface area is 124 Å². The molecule has 3 rings (SSSR count). The Kier molecular flexibility index (Phi) is 3.14. The number of rotatable bonds is 2. The van der Waals surface area contributed by atoms with Crippen molar-refractivity contribution in [3.8, 4) is 23.0 Å². The van der Waals surface area contributed by atoms with E-state index in [9.17, 15) is 25.2 Å². The molecule has 2 aromatic carbocycles. The number of phenolic OH excluding ortho intramolecular Hbond substituents is 2. The molecular weight excluding hydrogens is 286 g/mol. The van der Waals surface area contributed by atoms with E-state index in [1.807, 2.05) is 30.3 Å². The van der Waals surface area contributed by atoms with Crippen molar-refractivity contribution in [2.75, 3.05) is 0 Å². The Bertz CT molecular complexity index is 915. The molecular formula is C16H13NO5. The zero-order valence-corrected chi connectivity index (χ0v) is 11.4. The fourth-order valence-electron chi connectivity index (χ4n) is 2.41. The SMILES string of the molecule is O=c1[nH]c2cc(Cc3ccccc3)c(O)c(O)c2c(O)c1O. The summed E-state index contributed by atoms with van der Waals surface area (Å²) in [5.41, 5.74) is 0.543. The molecule has 0 atom stereocenters. The number of pyridine rings is 1. The minimum Gasteiger partial charge on any atom is -0.504 e. The summed E-state index contributed by atoms with van der Waals surface area (Å²) in [6, 6.07) is 10.7. The predicted molar refractivity (Wildman–Crippen MR) is 80.5 cm³/mol. The first-order chi connectivity index (χ1) is 10.5. The fraction of sp³-hybridized carbons (Fsp3) is 0.0625. The van der Waals surface area contributed by atoms with E-state index < -0.39 is 28.6 Å². The van der Waals surface area contributed by atoms with Gasteiger partial charge in [0.25, 0.3) is 5.56 Å². The molecule has 0 saturated carbocycles. The van der Waals surface area contributed by atoms with Gasteiger partial charge in [-0.15, -0.1) is 0 Å². The Morgan fingerprint density at radius 1 is 0.864 bits per heavy atom. The summed E-state index contributed by atoms with van der Waals surface area (Å²) < 4.78 is 0. The van der Waals surface area contributed by atoms with Crippen molar-refractivity contribution in [1.82, 2.24) is 4.98 Å². The van der Waals surface area contributed by atoms with E-state index in [1.165, 1.54) is 6.07 Å². The van der Waals surface area contributed by atoms with Crippen LogP contribution in [0.4, 0.5) is 0 Å². The van der Waals surface area contributed by atoms with Crippen LogP contribution in [-0.2, 0) is 6.42 Å². The third kappa shape index (κ3) is 2.10. The van der Waals surface area contributed by atoms with Crippen molar-refractivity contribution < 1.29 is 20.4 Å². The van der Waals surface area contributed by atoms with Crippen LogP contribution in [0, 0.1) is 0 Å². The summed E-state index contributed by atoms with van der Waals surface area (Å²) in [5.74, 6) is -2.67. The van der Waals surface area contributed by atoms with Crippen LogP contribution >= 0.6 is 0 Å². The van der Waals surface area contributed by atoms with Crippen molar-refractivity contribution in [2.24, 2.45) is 0 Å². The van der Waals surface area contributed by atoms with Gasteiger partial charge in [-0.05, 0) is 11.6 Å². The lowest BCUT2D eigenvalue weighted by atomic mass is 10.0. The van der Waals surface area contributed by atoms with Gasteiger partial charge in [-0.3, -0.25) is 4.79 Å². The van der Waals surface area contributed by atoms with Crippen molar-refractivity contribution >= 4 is 10.9 Å². The summed E-state index contributed by atoms with van der Waals surface area (Å²) in [6.45, 7) is 0. The van der Waals surface area contributed by atoms with Crippen LogP contribution in [0.15, 0.2) is 41.2 Å². The quantitative estimate of drug-likeness (QED) is 0.464. The highest BCUT2D eigenvalue weighted by Gasteiger charge is 2.19. The summed E-state index contributed by atoms with van der Waals surface area (Å²) in [5, 5.41) is 39.2. The molecule has 0 aliphatic heterocycles. The monoisotopic (exact) mass is 299 g/mol. The summed E-state index contributed by atoms with van der Waals surface area (Å²) in [7, 11) is 0. The molecule has 0 fully saturated rings. The van der Waals surface area contributed by atoms with Crippen molar-refractivity contribution in [3.63, 3.8) is 0 Å². The standard InChI is InChI=1S/C16H13NO5/c18-12-9(6-8-4-2-1-3-5-8)7-10-11(13(12)19)14(20)15(21)16(22)17-10/h1-5,7,18-19,21H,6H2,(H2,17,20,22). The number of H-pyrrole nitrogens is 1. The van der Waals surface area contributed by atoms with Gasteiger partial charge in [-0.2, -0.15) is 0 Å². The average Bonchev–Trinajstić information content (AvgIpc) is 2.51. The lowest BCUT2D eigenvalue weighted by Gasteiger charge is -2.11. The average molecular weight is 299 g/mol. The molecule has 0 saturated heterocycles. The predicted octanol–water partition coefficient (Wildman–Crippen LogP) is 1.94. The van der Waals surface area contributed by atoms with E-state index in [4.69, 9.17) is 0 Å². The van der Waals surface area contributed by atoms with Crippen LogP contribution in [0.3, 0.4) is 0 Å². The molecule has 6 heteroatoms. The zero-order valence-electron chi connectivity index (χ0n) is 11.4. The van der Waals surface area contributed by atoms with Crippen LogP contribution in [-0.4, -0.2) is 25.4 Å². The number of hydrogen-bond acceptors (Lipinski definition) is 5. The van der Waals surface area contributed by atoms with Crippen LogP contribution < -0.4 is 5.56 Å². The Morgan fingerprint density at radius 2 is 1.50 bits per heavy atom. The molecule has 112 valence electrons. The molecule has 1 aromatic heterocycles. The van der Waals surface area contributed by atoms with Crippen LogP contribution in [0.2, 0.25) is 0 Å². The number of aromatic hydroxyl groups is 4. The molecule has 0 amide bonds. The molecule has 6 nitrogen and oxygen atoms in total. The van der Waals surface area contributed by atoms with Crippen LogP contribution in [0.1, 0.15) is 11.1 Å². The van der Waals surface area contributed by atoms with E-state index in [0.29, 0.717) is 12.0 Å². The number of aromatic amines is 1. The molecule has 22 heavy (non-hydrogen) atoms. The first-order valence-corrected chi connectivity index (χ1v) is 6.54. The van der Waals surface area contributed by atoms with Crippen molar-refractivity contribution in [3.05, 3.63) is 57.9 Å². The van der Waals surface area contributed by atoms with Gasteiger partial charge in [0.2, 0.25) is 5.75 Å². The first kappa shape index (κ1) is 13.8. The molecule has 0 spiro atoms. The van der Waals surface area contributed by atoms with E-state index in [2.05, 4.69) is 4.98 Å². The molecule has 0 radical (unpaired) electrons. The molecule has 0 unspecified atom stereocenters. The first-order valence-electron chi connectivity index (χ1n) is 6.54. The molecule has 0 bridgehead atoms. The number of benzene rings is 2. The second kappa shape index (κ2) is 5.00. The maximum absolute atomic E-state index is 11.5. The number of nitrogens with one attached hydrogen (secondary N) is 1. The molecule has 3 aromatic rings. The van der Waals surface area contributed by atoms with Crippen LogP contribution in [0.5, 0.6) is 23.0 Å². The van der Waals surface area contributed by atoms with E-state index in [1.54, 1.807) is 0 Å². The Hall–Kier alpha value is -3.15. The van der Waals surface area contributed by atoms with Crippen LogP contribution in [0.25, 0.3) is 10.9 Å². The van der Waals surface area contributed by atoms with Gasteiger partial charge in [0.15, 0.2) is 17.2 Å². The number of phenols is 2. The third-order valence-electron chi connectivity index (χ3n) is 3.51. The number of fused-ring (bicyclic) bond motifs is 1. The van der Waals surface area contributed by atoms with E-state index >= 15 is 0 Å². The minimum atomic E-state index is -0.905. The molecule has 5 N–H and O–H groups in total. The molecule has 0 aliphatic rings. The van der Waals surface area contributed by atoms with E-state index in [0.717, 1.165) is 5.56 Å². The Morgan fingerprint density at radius 3 is 2.18 bits per heavy atom. The second-order valence-electron chi connectivity index (χ2n) is 4.97. The van der Waals surface area contributed by atoms with Gasteiger partial charge in [0, 0.05) is 12.0 Å². The van der Waals surface area contributed by atoms with Gasteiger partial charge < -0.3 is 25.4 Å². The van der Waals surface area contributed by atoms with Gasteiger partial charge in [0.1, 0.15) is 0 Å². The van der Waals surface area contributed by atoms with Crippen molar-refractivity contribution in [1.29, 1.82) is 0 Å². The van der Waals surface area contributed by atoms with Gasteiger partial charge in [-0.25, -0.2) is 0 Å². The molecule has 0 aliphatic carbocycles. The topological polar surface area (TPSA) is 114 Å². The highest BCUT2D eigenvalue weighted by atomic mass is 16.3. The Balaban J connectivity index is 2.24. The largest absolute Gasteiger partial charge is 0.504 e. The molecule has 1 heterocycles. The van der Waals surface area contributed by atoms with Gasteiger partial charge in [0.05, 0.1) is 10.9 Å². The number of aromatic nitrogens is 1. The highest BCUT2D eigenvalue weighted by Crippen LogP contribution is 2.43. The van der Waals surface area contributed by atoms with Gasteiger partial charge >= 0.3 is 0 Å². The maximum atomic E-state index is 11.5. The fourth-order valence-corrected chi connectivity index (χ4v) is 2.41.